The Morgan fingerprint density at radius 2 is 1.95 bits per heavy atom. The van der Waals surface area contributed by atoms with Crippen LogP contribution in [0.1, 0.15) is 107 Å². The molecule has 2 unspecified atom stereocenters. The summed E-state index contributed by atoms with van der Waals surface area (Å²) in [6, 6.07) is 1.51. The minimum atomic E-state index is -1.06. The molecule has 1 aromatic rings. The molecule has 1 aliphatic heterocycles. The summed E-state index contributed by atoms with van der Waals surface area (Å²) in [5.74, 6) is 5.68. The van der Waals surface area contributed by atoms with E-state index in [-0.39, 0.29) is 28.2 Å². The van der Waals surface area contributed by atoms with Crippen molar-refractivity contribution in [2.75, 3.05) is 24.5 Å². The van der Waals surface area contributed by atoms with Crippen molar-refractivity contribution >= 4 is 35.0 Å². The van der Waals surface area contributed by atoms with Crippen molar-refractivity contribution in [3.63, 3.8) is 0 Å². The van der Waals surface area contributed by atoms with Crippen molar-refractivity contribution in [1.82, 2.24) is 10.6 Å². The normalized spacial score (nSPS) is 23.6. The zero-order valence-electron chi connectivity index (χ0n) is 25.0. The molecule has 2 atom stereocenters. The second kappa shape index (κ2) is 13.9. The number of amides is 2. The largest absolute Gasteiger partial charge is 0.477 e. The van der Waals surface area contributed by atoms with Gasteiger partial charge < -0.3 is 25.4 Å². The Hall–Kier alpha value is -2.57. The highest BCUT2D eigenvalue weighted by atomic mass is 32.1. The second-order valence-corrected chi connectivity index (χ2v) is 13.8. The van der Waals surface area contributed by atoms with E-state index in [4.69, 9.17) is 4.74 Å². The van der Waals surface area contributed by atoms with Crippen molar-refractivity contribution in [2.45, 2.75) is 105 Å². The number of thiophene rings is 1. The van der Waals surface area contributed by atoms with Crippen LogP contribution in [0, 0.1) is 29.1 Å². The fourth-order valence-corrected chi connectivity index (χ4v) is 6.28. The highest BCUT2D eigenvalue weighted by molar-refractivity contribution is 7.15. The van der Waals surface area contributed by atoms with Crippen LogP contribution < -0.4 is 15.5 Å². The first-order valence-electron chi connectivity index (χ1n) is 14.7. The lowest BCUT2D eigenvalue weighted by molar-refractivity contribution is -0.124. The lowest BCUT2D eigenvalue weighted by Gasteiger charge is -2.36. The number of hydrogen-bond donors (Lipinski definition) is 3. The van der Waals surface area contributed by atoms with Gasteiger partial charge in [-0.05, 0) is 84.7 Å². The first-order valence-corrected chi connectivity index (χ1v) is 15.5. The topological polar surface area (TPSA) is 108 Å². The summed E-state index contributed by atoms with van der Waals surface area (Å²) in [5, 5.41) is 16.2. The van der Waals surface area contributed by atoms with Crippen LogP contribution in [0.15, 0.2) is 6.07 Å². The molecule has 0 spiro atoms. The van der Waals surface area contributed by atoms with Gasteiger partial charge in [0.25, 0.3) is 0 Å². The lowest BCUT2D eigenvalue weighted by Crippen LogP contribution is -2.47. The number of ether oxygens (including phenoxy) is 1. The molecule has 0 aromatic carbocycles. The minimum Gasteiger partial charge on any atom is -0.477 e. The first kappa shape index (κ1) is 32.0. The molecular formula is C31H47N3O5S. The molecule has 40 heavy (non-hydrogen) atoms. The number of hydrogen-bond acceptors (Lipinski definition) is 6. The highest BCUT2D eigenvalue weighted by Crippen LogP contribution is 2.37. The van der Waals surface area contributed by atoms with Crippen LogP contribution in [0.3, 0.4) is 0 Å². The van der Waals surface area contributed by atoms with E-state index in [9.17, 15) is 19.5 Å². The van der Waals surface area contributed by atoms with Crippen LogP contribution in [-0.4, -0.2) is 54.4 Å². The highest BCUT2D eigenvalue weighted by Gasteiger charge is 2.36. The first-order chi connectivity index (χ1) is 18.8. The van der Waals surface area contributed by atoms with Gasteiger partial charge in [-0.15, -0.1) is 11.3 Å². The minimum absolute atomic E-state index is 0.0203. The Morgan fingerprint density at radius 1 is 1.25 bits per heavy atom. The molecule has 2 heterocycles. The van der Waals surface area contributed by atoms with E-state index >= 15 is 0 Å². The molecule has 1 aromatic heterocycles. The number of nitrogens with zero attached hydrogens (tertiary/aromatic N) is 1. The smallest absolute Gasteiger partial charge is 0.407 e. The Labute approximate surface area is 243 Å². The van der Waals surface area contributed by atoms with Gasteiger partial charge in [-0.2, -0.15) is 0 Å². The van der Waals surface area contributed by atoms with Crippen molar-refractivity contribution in [1.29, 1.82) is 0 Å². The fourth-order valence-electron chi connectivity index (χ4n) is 5.44. The SMILES string of the molecule is CCCC(CCNC(=O)OC1(C)CCNC1)N(c1cc(C#CC(C)(C)C)sc1C(=O)O)C(=O)[C@H]1CC[C@H](C)CC1. The molecule has 0 radical (unpaired) electrons. The summed E-state index contributed by atoms with van der Waals surface area (Å²) in [4.78, 5) is 41.6. The van der Waals surface area contributed by atoms with Gasteiger partial charge in [-0.3, -0.25) is 4.79 Å². The van der Waals surface area contributed by atoms with Gasteiger partial charge in [0.15, 0.2) is 0 Å². The molecule has 3 N–H and O–H groups in total. The molecule has 1 saturated heterocycles. The summed E-state index contributed by atoms with van der Waals surface area (Å²) in [6.07, 6.45) is 5.86. The number of aromatic carboxylic acids is 1. The molecule has 8 nitrogen and oxygen atoms in total. The van der Waals surface area contributed by atoms with E-state index in [0.717, 1.165) is 56.4 Å². The zero-order chi connectivity index (χ0) is 29.5. The van der Waals surface area contributed by atoms with E-state index in [1.165, 1.54) is 0 Å². The van der Waals surface area contributed by atoms with Crippen molar-refractivity contribution in [3.8, 4) is 11.8 Å². The maximum Gasteiger partial charge on any atom is 0.407 e. The molecule has 2 fully saturated rings. The summed E-state index contributed by atoms with van der Waals surface area (Å²) >= 11 is 1.12. The molecule has 9 heteroatoms. The Morgan fingerprint density at radius 3 is 2.52 bits per heavy atom. The average molecular weight is 574 g/mol. The molecule has 3 rings (SSSR count). The average Bonchev–Trinajstić information content (AvgIpc) is 3.49. The summed E-state index contributed by atoms with van der Waals surface area (Å²) in [7, 11) is 0. The van der Waals surface area contributed by atoms with E-state index < -0.39 is 17.7 Å². The van der Waals surface area contributed by atoms with Crippen LogP contribution in [0.25, 0.3) is 0 Å². The predicted octanol–water partition coefficient (Wildman–Crippen LogP) is 6.04. The molecular weight excluding hydrogens is 526 g/mol. The maximum atomic E-state index is 14.2. The van der Waals surface area contributed by atoms with E-state index in [1.54, 1.807) is 11.0 Å². The van der Waals surface area contributed by atoms with Gasteiger partial charge in [0.1, 0.15) is 10.5 Å². The molecule has 222 valence electrons. The zero-order valence-corrected chi connectivity index (χ0v) is 25.8. The van der Waals surface area contributed by atoms with Crippen molar-refractivity contribution < 1.29 is 24.2 Å². The number of carbonyl (C=O) groups excluding carboxylic acids is 2. The number of anilines is 1. The van der Waals surface area contributed by atoms with Crippen molar-refractivity contribution in [3.05, 3.63) is 15.8 Å². The van der Waals surface area contributed by atoms with Gasteiger partial charge in [0.05, 0.1) is 10.6 Å². The van der Waals surface area contributed by atoms with Crippen LogP contribution in [-0.2, 0) is 9.53 Å². The maximum absolute atomic E-state index is 14.2. The second-order valence-electron chi connectivity index (χ2n) is 12.7. The Bertz CT molecular complexity index is 1100. The Kier molecular flexibility index (Phi) is 11.1. The van der Waals surface area contributed by atoms with Gasteiger partial charge in [0, 0.05) is 36.9 Å². The molecule has 0 bridgehead atoms. The number of carbonyl (C=O) groups is 3. The van der Waals surface area contributed by atoms with Gasteiger partial charge >= 0.3 is 12.1 Å². The van der Waals surface area contributed by atoms with E-state index in [1.807, 2.05) is 27.7 Å². The standard InChI is InChI=1S/C31H47N3O5S/c1-7-8-23(14-17-33-29(38)39-31(6)16-18-32-20-31)34(27(35)22-11-9-21(2)10-12-22)25-19-24(13-15-30(3,4)5)40-26(25)28(36)37/h19,21-23,32H,7-12,14,16-18,20H2,1-6H3,(H,33,38)(H,36,37)/t21-,22-,23?,31?. The number of rotatable bonds is 10. The van der Waals surface area contributed by atoms with E-state index in [0.29, 0.717) is 42.4 Å². The molecule has 1 aliphatic carbocycles. The van der Waals surface area contributed by atoms with Crippen molar-refractivity contribution in [2.24, 2.45) is 17.3 Å². The van der Waals surface area contributed by atoms with Crippen LogP contribution in [0.4, 0.5) is 10.5 Å². The molecule has 1 saturated carbocycles. The summed E-state index contributed by atoms with van der Waals surface area (Å²) < 4.78 is 5.66. The third-order valence-corrected chi connectivity index (χ3v) is 8.76. The van der Waals surface area contributed by atoms with Gasteiger partial charge in [-0.25, -0.2) is 9.59 Å². The number of carboxylic acid groups (broad SMARTS) is 1. The summed E-state index contributed by atoms with van der Waals surface area (Å²) in [6.45, 7) is 14.0. The van der Waals surface area contributed by atoms with Crippen LogP contribution in [0.2, 0.25) is 0 Å². The fraction of sp³-hybridized carbons (Fsp3) is 0.710. The van der Waals surface area contributed by atoms with E-state index in [2.05, 4.69) is 36.3 Å². The monoisotopic (exact) mass is 573 g/mol. The van der Waals surface area contributed by atoms with Crippen LogP contribution >= 0.6 is 11.3 Å². The van der Waals surface area contributed by atoms with Crippen LogP contribution in [0.5, 0.6) is 0 Å². The molecule has 2 aliphatic rings. The number of alkyl carbamates (subject to hydrolysis) is 1. The third-order valence-electron chi connectivity index (χ3n) is 7.73. The van der Waals surface area contributed by atoms with Gasteiger partial charge in [-0.1, -0.05) is 32.1 Å². The predicted molar refractivity (Wildman–Crippen MR) is 160 cm³/mol. The number of nitrogens with one attached hydrogen (secondary N) is 2. The number of carboxylic acids is 1. The summed E-state index contributed by atoms with van der Waals surface area (Å²) in [5.41, 5.74) is -0.340. The third kappa shape index (κ3) is 8.97. The molecule has 2 amide bonds. The quantitative estimate of drug-likeness (QED) is 0.295. The lowest BCUT2D eigenvalue weighted by atomic mass is 9.82. The van der Waals surface area contributed by atoms with Gasteiger partial charge in [0.2, 0.25) is 5.91 Å². The Balaban J connectivity index is 1.89.